The van der Waals surface area contributed by atoms with Crippen LogP contribution in [-0.4, -0.2) is 15.2 Å². The van der Waals surface area contributed by atoms with Gasteiger partial charge in [-0.1, -0.05) is 0 Å². The predicted octanol–water partition coefficient (Wildman–Crippen LogP) is 1.02. The lowest BCUT2D eigenvalue weighted by molar-refractivity contribution is 1.12. The highest BCUT2D eigenvalue weighted by Crippen LogP contribution is 2.12. The first-order valence-corrected chi connectivity index (χ1v) is 3.56. The molecule has 0 spiro atoms. The van der Waals surface area contributed by atoms with Gasteiger partial charge in [0.25, 0.3) is 0 Å². The Kier molecular flexibility index (Phi) is 1.49. The molecule has 0 aliphatic heterocycles. The molecule has 0 saturated carbocycles. The highest BCUT2D eigenvalue weighted by molar-refractivity contribution is 5.80. The molecule has 0 bridgehead atoms. The Morgan fingerprint density at radius 3 is 3.33 bits per heavy atom. The van der Waals surface area contributed by atoms with E-state index in [1.165, 1.54) is 0 Å². The Labute approximate surface area is 68.9 Å². The third kappa shape index (κ3) is 0.920. The standard InChI is InChI=1S/C8H6N4/c9-3-1-7-6-5-11-12-8(6)2-4-10-7/h2,4-5H,1H2,(H,11,12). The van der Waals surface area contributed by atoms with Crippen molar-refractivity contribution in [2.75, 3.05) is 0 Å². The summed E-state index contributed by atoms with van der Waals surface area (Å²) in [6, 6.07) is 3.90. The van der Waals surface area contributed by atoms with E-state index in [1.807, 2.05) is 6.07 Å². The third-order valence-electron chi connectivity index (χ3n) is 1.70. The number of fused-ring (bicyclic) bond motifs is 1. The SMILES string of the molecule is N#CCc1nccc2[nH]ncc12. The molecule has 2 aromatic heterocycles. The summed E-state index contributed by atoms with van der Waals surface area (Å²) in [7, 11) is 0. The van der Waals surface area contributed by atoms with Crippen molar-refractivity contribution in [1.29, 1.82) is 5.26 Å². The molecule has 58 valence electrons. The maximum absolute atomic E-state index is 8.50. The summed E-state index contributed by atoms with van der Waals surface area (Å²) in [5.41, 5.74) is 1.71. The van der Waals surface area contributed by atoms with Gasteiger partial charge in [0.15, 0.2) is 0 Å². The number of nitriles is 1. The summed E-state index contributed by atoms with van der Waals surface area (Å²) in [5, 5.41) is 16.1. The van der Waals surface area contributed by atoms with Crippen molar-refractivity contribution in [2.24, 2.45) is 0 Å². The fourth-order valence-corrected chi connectivity index (χ4v) is 1.14. The van der Waals surface area contributed by atoms with Crippen molar-refractivity contribution in [3.05, 3.63) is 24.2 Å². The summed E-state index contributed by atoms with van der Waals surface area (Å²) in [6.45, 7) is 0. The number of aromatic nitrogens is 3. The fourth-order valence-electron chi connectivity index (χ4n) is 1.14. The van der Waals surface area contributed by atoms with E-state index >= 15 is 0 Å². The van der Waals surface area contributed by atoms with Gasteiger partial charge in [-0.05, 0) is 6.07 Å². The van der Waals surface area contributed by atoms with Gasteiger partial charge in [-0.2, -0.15) is 10.4 Å². The van der Waals surface area contributed by atoms with Crippen molar-refractivity contribution in [2.45, 2.75) is 6.42 Å². The van der Waals surface area contributed by atoms with Crippen LogP contribution in [0.1, 0.15) is 5.69 Å². The van der Waals surface area contributed by atoms with Crippen LogP contribution in [0.15, 0.2) is 18.5 Å². The molecule has 0 amide bonds. The van der Waals surface area contributed by atoms with Gasteiger partial charge in [-0.25, -0.2) is 0 Å². The number of H-pyrrole nitrogens is 1. The van der Waals surface area contributed by atoms with Crippen molar-refractivity contribution >= 4 is 10.9 Å². The van der Waals surface area contributed by atoms with Crippen molar-refractivity contribution < 1.29 is 0 Å². The van der Waals surface area contributed by atoms with E-state index in [9.17, 15) is 0 Å². The molecule has 12 heavy (non-hydrogen) atoms. The number of aromatic amines is 1. The first kappa shape index (κ1) is 6.80. The lowest BCUT2D eigenvalue weighted by atomic mass is 10.2. The molecule has 4 nitrogen and oxygen atoms in total. The van der Waals surface area contributed by atoms with Crippen molar-refractivity contribution in [3.63, 3.8) is 0 Å². The van der Waals surface area contributed by atoms with Crippen LogP contribution < -0.4 is 0 Å². The summed E-state index contributed by atoms with van der Waals surface area (Å²) in [4.78, 5) is 4.09. The van der Waals surface area contributed by atoms with Crippen LogP contribution >= 0.6 is 0 Å². The molecule has 0 saturated heterocycles. The number of nitrogens with one attached hydrogen (secondary N) is 1. The Hall–Kier alpha value is -1.89. The van der Waals surface area contributed by atoms with Crippen LogP contribution in [0.25, 0.3) is 10.9 Å². The van der Waals surface area contributed by atoms with Gasteiger partial charge in [-0.3, -0.25) is 10.1 Å². The smallest absolute Gasteiger partial charge is 0.0782 e. The minimum Gasteiger partial charge on any atom is -0.278 e. The Morgan fingerprint density at radius 2 is 2.50 bits per heavy atom. The molecule has 0 fully saturated rings. The third-order valence-corrected chi connectivity index (χ3v) is 1.70. The second-order valence-corrected chi connectivity index (χ2v) is 2.42. The molecule has 2 aromatic rings. The van der Waals surface area contributed by atoms with E-state index in [4.69, 9.17) is 5.26 Å². The quantitative estimate of drug-likeness (QED) is 0.673. The van der Waals surface area contributed by atoms with Gasteiger partial charge in [-0.15, -0.1) is 0 Å². The number of pyridine rings is 1. The normalized spacial score (nSPS) is 9.92. The molecule has 0 unspecified atom stereocenters. The molecule has 2 rings (SSSR count). The van der Waals surface area contributed by atoms with E-state index < -0.39 is 0 Å². The highest BCUT2D eigenvalue weighted by atomic mass is 15.1. The van der Waals surface area contributed by atoms with E-state index in [-0.39, 0.29) is 0 Å². The number of hydrogen-bond donors (Lipinski definition) is 1. The van der Waals surface area contributed by atoms with Crippen LogP contribution in [0.2, 0.25) is 0 Å². The predicted molar refractivity (Wildman–Crippen MR) is 43.2 cm³/mol. The zero-order valence-electron chi connectivity index (χ0n) is 6.28. The van der Waals surface area contributed by atoms with Gasteiger partial charge < -0.3 is 0 Å². The molecule has 2 heterocycles. The van der Waals surface area contributed by atoms with E-state index in [2.05, 4.69) is 21.3 Å². The van der Waals surface area contributed by atoms with Gasteiger partial charge in [0, 0.05) is 11.6 Å². The van der Waals surface area contributed by atoms with Crippen LogP contribution in [0.5, 0.6) is 0 Å². The zero-order valence-corrected chi connectivity index (χ0v) is 6.28. The lowest BCUT2D eigenvalue weighted by Gasteiger charge is -1.93. The second kappa shape index (κ2) is 2.62. The first-order valence-electron chi connectivity index (χ1n) is 3.56. The van der Waals surface area contributed by atoms with Crippen molar-refractivity contribution in [1.82, 2.24) is 15.2 Å². The molecule has 4 heteroatoms. The van der Waals surface area contributed by atoms with Crippen LogP contribution in [0.4, 0.5) is 0 Å². The molecular formula is C8H6N4. The first-order chi connectivity index (χ1) is 5.92. The highest BCUT2D eigenvalue weighted by Gasteiger charge is 2.01. The summed E-state index contributed by atoms with van der Waals surface area (Å²) in [6.07, 6.45) is 3.69. The second-order valence-electron chi connectivity index (χ2n) is 2.42. The van der Waals surface area contributed by atoms with Gasteiger partial charge in [0.05, 0.1) is 29.9 Å². The topological polar surface area (TPSA) is 65.4 Å². The Morgan fingerprint density at radius 1 is 1.58 bits per heavy atom. The maximum atomic E-state index is 8.50. The average Bonchev–Trinajstić information content (AvgIpc) is 2.53. The fraction of sp³-hybridized carbons (Fsp3) is 0.125. The average molecular weight is 158 g/mol. The van der Waals surface area contributed by atoms with Crippen molar-refractivity contribution in [3.8, 4) is 6.07 Å². The Balaban J connectivity index is 2.67. The van der Waals surface area contributed by atoms with Gasteiger partial charge in [0.2, 0.25) is 0 Å². The molecular weight excluding hydrogens is 152 g/mol. The molecule has 1 N–H and O–H groups in total. The lowest BCUT2D eigenvalue weighted by Crippen LogP contribution is -1.86. The number of hydrogen-bond acceptors (Lipinski definition) is 3. The summed E-state index contributed by atoms with van der Waals surface area (Å²) >= 11 is 0. The molecule has 0 aliphatic carbocycles. The molecule has 0 radical (unpaired) electrons. The van der Waals surface area contributed by atoms with E-state index in [1.54, 1.807) is 12.4 Å². The number of nitrogens with zero attached hydrogens (tertiary/aromatic N) is 3. The monoisotopic (exact) mass is 158 g/mol. The molecule has 0 aromatic carbocycles. The molecule has 0 atom stereocenters. The largest absolute Gasteiger partial charge is 0.278 e. The maximum Gasteiger partial charge on any atom is 0.0782 e. The summed E-state index contributed by atoms with van der Waals surface area (Å²) in [5.74, 6) is 0. The van der Waals surface area contributed by atoms with Gasteiger partial charge in [0.1, 0.15) is 0 Å². The Bertz CT molecular complexity index is 437. The van der Waals surface area contributed by atoms with Crippen LogP contribution in [0, 0.1) is 11.3 Å². The number of rotatable bonds is 1. The van der Waals surface area contributed by atoms with E-state index in [0.29, 0.717) is 6.42 Å². The van der Waals surface area contributed by atoms with Crippen LogP contribution in [0.3, 0.4) is 0 Å². The minimum atomic E-state index is 0.330. The van der Waals surface area contributed by atoms with Crippen LogP contribution in [-0.2, 0) is 6.42 Å². The summed E-state index contributed by atoms with van der Waals surface area (Å²) < 4.78 is 0. The van der Waals surface area contributed by atoms with E-state index in [0.717, 1.165) is 16.6 Å². The minimum absolute atomic E-state index is 0.330. The zero-order chi connectivity index (χ0) is 8.39. The molecule has 0 aliphatic rings. The van der Waals surface area contributed by atoms with Gasteiger partial charge >= 0.3 is 0 Å².